The standard InChI is InChI=1S/C46H54F3N5O11S/c1-25-8-6-7-9-29-23-45(29,42(57)52-66(60,61)32-12-13-32)51-39(55)35-22-31(24-53(35)41(56)38(26(2)18-25)54(43(58)59)44(3,4)46(47,48)49)65-40-33-14-11-30(62-5)19-28(33)20-34(50-40)27-10-15-36-37(21-27)64-17-16-63-36/h7,9-11,14-15,19-21,25-26,29,31-32,35,38H,6,8,12-13,16-18,22-24H2,1-5H3,(H,51,55)(H,52,57)(H,58,59)/b9-7-/t25-,26-,29-,31-,35+,38+,45-/m1/s1. The molecule has 4 amide bonds. The maximum absolute atomic E-state index is 15.3. The molecule has 2 aromatic carbocycles. The van der Waals surface area contributed by atoms with Gasteiger partial charge in [-0.05, 0) is 112 Å². The third-order valence-corrected chi connectivity index (χ3v) is 15.3. The van der Waals surface area contributed by atoms with Crippen LogP contribution in [0.5, 0.6) is 23.1 Å². The molecular formula is C46H54F3N5O11S. The minimum Gasteiger partial charge on any atom is -0.497 e. The molecule has 2 saturated carbocycles. The molecule has 16 nitrogen and oxygen atoms in total. The number of methoxy groups -OCH3 is 1. The first-order chi connectivity index (χ1) is 31.1. The molecule has 66 heavy (non-hydrogen) atoms. The van der Waals surface area contributed by atoms with Crippen LogP contribution in [0.1, 0.15) is 72.6 Å². The van der Waals surface area contributed by atoms with E-state index in [1.54, 1.807) is 48.6 Å². The number of rotatable bonds is 9. The van der Waals surface area contributed by atoms with Gasteiger partial charge < -0.3 is 34.3 Å². The number of nitrogens with zero attached hydrogens (tertiary/aromatic N) is 3. The zero-order valence-electron chi connectivity index (χ0n) is 37.2. The van der Waals surface area contributed by atoms with Gasteiger partial charge in [-0.25, -0.2) is 18.2 Å². The van der Waals surface area contributed by atoms with Gasteiger partial charge in [-0.2, -0.15) is 13.2 Å². The number of alkyl halides is 3. The van der Waals surface area contributed by atoms with Gasteiger partial charge in [0.1, 0.15) is 48.2 Å². The Morgan fingerprint density at radius 1 is 1.02 bits per heavy atom. The molecule has 3 fully saturated rings. The second-order valence-electron chi connectivity index (χ2n) is 18.7. The number of sulfonamides is 1. The summed E-state index contributed by atoms with van der Waals surface area (Å²) in [5.41, 5.74) is -3.72. The van der Waals surface area contributed by atoms with Gasteiger partial charge in [0.05, 0.1) is 24.6 Å². The summed E-state index contributed by atoms with van der Waals surface area (Å²) >= 11 is 0. The molecule has 3 N–H and O–H groups in total. The fraction of sp³-hybridized carbons (Fsp3) is 0.543. The second kappa shape index (κ2) is 17.5. The summed E-state index contributed by atoms with van der Waals surface area (Å²) in [6.07, 6.45) is -3.01. The van der Waals surface area contributed by atoms with Crippen molar-refractivity contribution >= 4 is 44.6 Å². The highest BCUT2D eigenvalue weighted by Gasteiger charge is 2.63. The van der Waals surface area contributed by atoms with E-state index in [9.17, 15) is 41.1 Å². The van der Waals surface area contributed by atoms with Gasteiger partial charge in [0.15, 0.2) is 11.5 Å². The van der Waals surface area contributed by atoms with Crippen LogP contribution in [-0.2, 0) is 24.4 Å². The first-order valence-electron chi connectivity index (χ1n) is 22.1. The average Bonchev–Trinajstić information content (AvgIpc) is 4.19. The highest BCUT2D eigenvalue weighted by molar-refractivity contribution is 7.91. The lowest BCUT2D eigenvalue weighted by molar-refractivity contribution is -0.222. The quantitative estimate of drug-likeness (QED) is 0.205. The van der Waals surface area contributed by atoms with Crippen molar-refractivity contribution in [3.63, 3.8) is 0 Å². The molecule has 20 heteroatoms. The van der Waals surface area contributed by atoms with Crippen molar-refractivity contribution < 1.29 is 64.8 Å². The van der Waals surface area contributed by atoms with Crippen molar-refractivity contribution in [2.75, 3.05) is 26.9 Å². The molecule has 4 heterocycles. The van der Waals surface area contributed by atoms with E-state index < -0.39 is 92.9 Å². The number of hydrogen-bond donors (Lipinski definition) is 3. The fourth-order valence-electron chi connectivity index (χ4n) is 9.41. The fourth-order valence-corrected chi connectivity index (χ4v) is 10.8. The molecular weight excluding hydrogens is 888 g/mol. The van der Waals surface area contributed by atoms with Gasteiger partial charge in [0.25, 0.3) is 5.91 Å². The Morgan fingerprint density at radius 3 is 2.42 bits per heavy atom. The van der Waals surface area contributed by atoms with Gasteiger partial charge in [0, 0.05) is 23.3 Å². The van der Waals surface area contributed by atoms with E-state index in [0.29, 0.717) is 92.0 Å². The molecule has 5 aliphatic rings. The average molecular weight is 942 g/mol. The Bertz CT molecular complexity index is 2570. The minimum atomic E-state index is -5.12. The number of halogens is 3. The normalized spacial score (nSPS) is 27.6. The van der Waals surface area contributed by atoms with E-state index in [-0.39, 0.29) is 36.0 Å². The number of benzene rings is 2. The maximum atomic E-state index is 15.3. The summed E-state index contributed by atoms with van der Waals surface area (Å²) in [6, 6.07) is 8.86. The van der Waals surface area contributed by atoms with E-state index in [1.165, 1.54) is 14.0 Å². The van der Waals surface area contributed by atoms with Crippen LogP contribution in [0.2, 0.25) is 0 Å². The van der Waals surface area contributed by atoms with E-state index in [2.05, 4.69) is 10.0 Å². The van der Waals surface area contributed by atoms with Crippen LogP contribution in [0.15, 0.2) is 54.6 Å². The lowest BCUT2D eigenvalue weighted by Crippen LogP contribution is -2.66. The van der Waals surface area contributed by atoms with Crippen molar-refractivity contribution in [1.82, 2.24) is 24.8 Å². The van der Waals surface area contributed by atoms with Gasteiger partial charge in [-0.3, -0.25) is 24.0 Å². The van der Waals surface area contributed by atoms with Crippen molar-refractivity contribution in [1.29, 1.82) is 0 Å². The van der Waals surface area contributed by atoms with Gasteiger partial charge >= 0.3 is 12.3 Å². The molecule has 2 aliphatic carbocycles. The minimum absolute atomic E-state index is 0.0374. The molecule has 3 aromatic rings. The number of carbonyl (C=O) groups is 4. The number of pyridine rings is 1. The van der Waals surface area contributed by atoms with Crippen LogP contribution in [0.4, 0.5) is 18.0 Å². The lowest BCUT2D eigenvalue weighted by atomic mass is 9.85. The SMILES string of the molecule is COc1ccc2c(O[C@@H]3C[C@H]4C(=O)N[C@]5(C(=O)NS(=O)(=O)C6CC6)C[C@H]5/C=C\CC[C@@H](C)C[C@@H](C)[C@H](N(C(=O)O)C(C)(C)C(F)(F)F)C(=O)N4C3)nc(-c3ccc4c(c3)OCCO4)cc2c1. The summed E-state index contributed by atoms with van der Waals surface area (Å²) < 4.78 is 96.5. The highest BCUT2D eigenvalue weighted by Crippen LogP contribution is 2.47. The van der Waals surface area contributed by atoms with E-state index in [4.69, 9.17) is 23.9 Å². The largest absolute Gasteiger partial charge is 0.497 e. The van der Waals surface area contributed by atoms with Gasteiger partial charge in [0.2, 0.25) is 27.7 Å². The topological polar surface area (TPSA) is 203 Å². The Kier molecular flexibility index (Phi) is 12.4. The lowest BCUT2D eigenvalue weighted by Gasteiger charge is -2.45. The molecule has 0 spiro atoms. The Labute approximate surface area is 380 Å². The van der Waals surface area contributed by atoms with Crippen LogP contribution in [0.3, 0.4) is 0 Å². The smallest absolute Gasteiger partial charge is 0.411 e. The number of hydrogen-bond acceptors (Lipinski definition) is 11. The van der Waals surface area contributed by atoms with Crippen molar-refractivity contribution in [2.45, 2.75) is 113 Å². The number of carbonyl (C=O) groups excluding carboxylic acids is 3. The predicted octanol–water partition coefficient (Wildman–Crippen LogP) is 6.22. The highest BCUT2D eigenvalue weighted by atomic mass is 32.2. The van der Waals surface area contributed by atoms with E-state index >= 15 is 4.79 Å². The van der Waals surface area contributed by atoms with Crippen molar-refractivity contribution in [3.8, 4) is 34.4 Å². The zero-order chi connectivity index (χ0) is 47.5. The van der Waals surface area contributed by atoms with E-state index in [0.717, 1.165) is 4.90 Å². The molecule has 1 saturated heterocycles. The summed E-state index contributed by atoms with van der Waals surface area (Å²) in [4.78, 5) is 63.2. The molecule has 7 atom stereocenters. The number of ether oxygens (including phenoxy) is 4. The summed E-state index contributed by atoms with van der Waals surface area (Å²) in [5, 5.41) is 13.7. The Morgan fingerprint density at radius 2 is 1.74 bits per heavy atom. The van der Waals surface area contributed by atoms with Crippen LogP contribution in [0.25, 0.3) is 22.0 Å². The van der Waals surface area contributed by atoms with E-state index in [1.807, 2.05) is 13.0 Å². The molecule has 0 bridgehead atoms. The molecule has 0 radical (unpaired) electrons. The second-order valence-corrected chi connectivity index (χ2v) is 20.6. The summed E-state index contributed by atoms with van der Waals surface area (Å²) in [6.45, 7) is 5.09. The first-order valence-corrected chi connectivity index (χ1v) is 23.7. The van der Waals surface area contributed by atoms with Crippen LogP contribution in [0, 0.1) is 17.8 Å². The third kappa shape index (κ3) is 9.04. The van der Waals surface area contributed by atoms with Crippen LogP contribution in [-0.4, -0.2) is 120 Å². The van der Waals surface area contributed by atoms with Crippen molar-refractivity contribution in [2.24, 2.45) is 17.8 Å². The predicted molar refractivity (Wildman–Crippen MR) is 233 cm³/mol. The molecule has 1 aromatic heterocycles. The maximum Gasteiger partial charge on any atom is 0.411 e. The van der Waals surface area contributed by atoms with Gasteiger partial charge in [-0.15, -0.1) is 0 Å². The summed E-state index contributed by atoms with van der Waals surface area (Å²) in [5.74, 6) is -3.06. The van der Waals surface area contributed by atoms with Crippen LogP contribution < -0.4 is 29.0 Å². The third-order valence-electron chi connectivity index (χ3n) is 13.5. The first kappa shape index (κ1) is 46.7. The zero-order valence-corrected chi connectivity index (χ0v) is 38.0. The Balaban J connectivity index is 1.21. The molecule has 8 rings (SSSR count). The number of allylic oxidation sites excluding steroid dienone is 1. The number of nitrogens with one attached hydrogen (secondary N) is 2. The number of amides is 4. The van der Waals surface area contributed by atoms with Crippen molar-refractivity contribution in [3.05, 3.63) is 54.6 Å². The monoisotopic (exact) mass is 941 g/mol. The molecule has 3 aliphatic heterocycles. The van der Waals surface area contributed by atoms with Gasteiger partial charge in [-0.1, -0.05) is 26.0 Å². The molecule has 0 unspecified atom stereocenters. The number of carboxylic acid groups (broad SMARTS) is 1. The van der Waals surface area contributed by atoms with Crippen LogP contribution >= 0.6 is 0 Å². The Hall–Kier alpha value is -5.79. The summed E-state index contributed by atoms with van der Waals surface area (Å²) in [7, 11) is -2.54. The molecule has 356 valence electrons. The number of fused-ring (bicyclic) bond motifs is 4. The number of aromatic nitrogens is 1.